The van der Waals surface area contributed by atoms with Gasteiger partial charge < -0.3 is 10.4 Å². The maximum atomic E-state index is 12.0. The Balaban J connectivity index is 2.38. The third-order valence-electron chi connectivity index (χ3n) is 3.21. The summed E-state index contributed by atoms with van der Waals surface area (Å²) < 4.78 is 0.953. The third kappa shape index (κ3) is 5.74. The number of aryl methyl sites for hydroxylation is 1. The van der Waals surface area contributed by atoms with Crippen molar-refractivity contribution in [3.63, 3.8) is 0 Å². The van der Waals surface area contributed by atoms with Gasteiger partial charge in [0.2, 0.25) is 0 Å². The molecule has 1 aromatic carbocycles. The number of benzene rings is 1. The third-order valence-corrected chi connectivity index (χ3v) is 3.70. The van der Waals surface area contributed by atoms with Gasteiger partial charge in [-0.05, 0) is 49.4 Å². The van der Waals surface area contributed by atoms with Crippen LogP contribution in [0.1, 0.15) is 42.1 Å². The lowest BCUT2D eigenvalue weighted by Gasteiger charge is -2.12. The van der Waals surface area contributed by atoms with Crippen LogP contribution in [0.4, 0.5) is 0 Å². The molecule has 0 aliphatic carbocycles. The summed E-state index contributed by atoms with van der Waals surface area (Å²) in [6, 6.07) is 5.55. The van der Waals surface area contributed by atoms with E-state index in [1.165, 1.54) is 0 Å². The van der Waals surface area contributed by atoms with Crippen LogP contribution < -0.4 is 5.32 Å². The number of carboxylic acid groups (broad SMARTS) is 1. The van der Waals surface area contributed by atoms with Gasteiger partial charge in [0.25, 0.3) is 5.91 Å². The van der Waals surface area contributed by atoms with Crippen molar-refractivity contribution in [1.29, 1.82) is 0 Å². The molecule has 0 saturated heterocycles. The van der Waals surface area contributed by atoms with Crippen LogP contribution in [0.15, 0.2) is 22.7 Å². The lowest BCUT2D eigenvalue weighted by Crippen LogP contribution is -2.26. The van der Waals surface area contributed by atoms with E-state index >= 15 is 0 Å². The van der Waals surface area contributed by atoms with Crippen molar-refractivity contribution in [2.45, 2.75) is 33.1 Å². The molecule has 110 valence electrons. The van der Waals surface area contributed by atoms with Crippen molar-refractivity contribution in [2.24, 2.45) is 5.92 Å². The first-order valence-corrected chi connectivity index (χ1v) is 7.45. The second-order valence-corrected chi connectivity index (χ2v) is 5.96. The predicted octanol–water partition coefficient (Wildman–Crippen LogP) is 3.38. The van der Waals surface area contributed by atoms with Crippen LogP contribution in [0.25, 0.3) is 0 Å². The Morgan fingerprint density at radius 1 is 1.35 bits per heavy atom. The Kier molecular flexibility index (Phi) is 6.71. The maximum Gasteiger partial charge on any atom is 0.303 e. The van der Waals surface area contributed by atoms with Gasteiger partial charge >= 0.3 is 5.97 Å². The van der Waals surface area contributed by atoms with Gasteiger partial charge in [0.15, 0.2) is 0 Å². The Morgan fingerprint density at radius 3 is 2.65 bits per heavy atom. The fourth-order valence-corrected chi connectivity index (χ4v) is 2.40. The summed E-state index contributed by atoms with van der Waals surface area (Å²) in [6.45, 7) is 4.46. The molecule has 0 fully saturated rings. The Hall–Kier alpha value is -1.36. The molecule has 5 heteroatoms. The van der Waals surface area contributed by atoms with Gasteiger partial charge in [-0.3, -0.25) is 9.59 Å². The van der Waals surface area contributed by atoms with Crippen molar-refractivity contribution in [3.8, 4) is 0 Å². The van der Waals surface area contributed by atoms with E-state index in [2.05, 4.69) is 21.2 Å². The van der Waals surface area contributed by atoms with E-state index < -0.39 is 5.97 Å². The van der Waals surface area contributed by atoms with Crippen LogP contribution in [-0.4, -0.2) is 23.5 Å². The zero-order valence-corrected chi connectivity index (χ0v) is 13.4. The van der Waals surface area contributed by atoms with Crippen molar-refractivity contribution in [2.75, 3.05) is 6.54 Å². The molecule has 1 amide bonds. The van der Waals surface area contributed by atoms with E-state index in [4.69, 9.17) is 5.11 Å². The lowest BCUT2D eigenvalue weighted by atomic mass is 10.0. The monoisotopic (exact) mass is 341 g/mol. The van der Waals surface area contributed by atoms with Crippen LogP contribution >= 0.6 is 15.9 Å². The summed E-state index contributed by atoms with van der Waals surface area (Å²) >= 11 is 3.37. The van der Waals surface area contributed by atoms with E-state index in [1.807, 2.05) is 26.0 Å². The second-order valence-electron chi connectivity index (χ2n) is 5.04. The Labute approximate surface area is 127 Å². The smallest absolute Gasteiger partial charge is 0.303 e. The first-order valence-electron chi connectivity index (χ1n) is 6.66. The number of aliphatic carboxylic acids is 1. The lowest BCUT2D eigenvalue weighted by molar-refractivity contribution is -0.137. The molecule has 0 aliphatic rings. The van der Waals surface area contributed by atoms with Gasteiger partial charge in [-0.1, -0.05) is 22.9 Å². The number of halogens is 1. The summed E-state index contributed by atoms with van der Waals surface area (Å²) in [5.41, 5.74) is 1.60. The number of carbonyl (C=O) groups is 2. The molecule has 0 aliphatic heterocycles. The molecule has 1 atom stereocenters. The summed E-state index contributed by atoms with van der Waals surface area (Å²) in [6.07, 6.45) is 1.61. The fourth-order valence-electron chi connectivity index (χ4n) is 1.92. The van der Waals surface area contributed by atoms with E-state index in [9.17, 15) is 9.59 Å². The Bertz CT molecular complexity index is 488. The molecular formula is C15H20BrNO3. The molecular weight excluding hydrogens is 322 g/mol. The summed E-state index contributed by atoms with van der Waals surface area (Å²) in [7, 11) is 0. The minimum Gasteiger partial charge on any atom is -0.481 e. The van der Waals surface area contributed by atoms with Gasteiger partial charge in [-0.15, -0.1) is 0 Å². The zero-order valence-electron chi connectivity index (χ0n) is 11.8. The molecule has 2 N–H and O–H groups in total. The number of carboxylic acids is 1. The first-order chi connectivity index (χ1) is 9.40. The quantitative estimate of drug-likeness (QED) is 0.798. The standard InChI is InChI=1S/C15H20BrNO3/c1-10(3-6-14(18)19)7-8-17-15(20)13-5-4-12(16)9-11(13)2/h4-5,9-10H,3,6-8H2,1-2H3,(H,17,20)(H,18,19). The molecule has 0 spiro atoms. The number of nitrogens with one attached hydrogen (secondary N) is 1. The Morgan fingerprint density at radius 2 is 2.05 bits per heavy atom. The molecule has 4 nitrogen and oxygen atoms in total. The van der Waals surface area contributed by atoms with Crippen LogP contribution in [0, 0.1) is 12.8 Å². The molecule has 0 radical (unpaired) electrons. The van der Waals surface area contributed by atoms with Gasteiger partial charge in [-0.2, -0.15) is 0 Å². The van der Waals surface area contributed by atoms with Crippen molar-refractivity contribution in [3.05, 3.63) is 33.8 Å². The highest BCUT2D eigenvalue weighted by Gasteiger charge is 2.10. The van der Waals surface area contributed by atoms with Crippen molar-refractivity contribution in [1.82, 2.24) is 5.32 Å². The van der Waals surface area contributed by atoms with Crippen LogP contribution in [0.5, 0.6) is 0 Å². The molecule has 0 aromatic heterocycles. The van der Waals surface area contributed by atoms with Crippen LogP contribution in [0.2, 0.25) is 0 Å². The molecule has 0 saturated carbocycles. The summed E-state index contributed by atoms with van der Waals surface area (Å²) in [4.78, 5) is 22.5. The number of rotatable bonds is 7. The topological polar surface area (TPSA) is 66.4 Å². The molecule has 1 unspecified atom stereocenters. The van der Waals surface area contributed by atoms with Gasteiger partial charge in [0, 0.05) is 23.0 Å². The minimum absolute atomic E-state index is 0.0829. The average Bonchev–Trinajstić information content (AvgIpc) is 2.36. The predicted molar refractivity (Wildman–Crippen MR) is 81.9 cm³/mol. The number of amides is 1. The largest absolute Gasteiger partial charge is 0.481 e. The van der Waals surface area contributed by atoms with Gasteiger partial charge in [-0.25, -0.2) is 0 Å². The van der Waals surface area contributed by atoms with Crippen LogP contribution in [-0.2, 0) is 4.79 Å². The molecule has 0 heterocycles. The first kappa shape index (κ1) is 16.7. The normalized spacial score (nSPS) is 11.9. The number of hydrogen-bond donors (Lipinski definition) is 2. The van der Waals surface area contributed by atoms with E-state index in [0.29, 0.717) is 18.5 Å². The average molecular weight is 342 g/mol. The molecule has 0 bridgehead atoms. The highest BCUT2D eigenvalue weighted by Crippen LogP contribution is 2.16. The SMILES string of the molecule is Cc1cc(Br)ccc1C(=O)NCCC(C)CCC(=O)O. The van der Waals surface area contributed by atoms with E-state index in [0.717, 1.165) is 16.5 Å². The second kappa shape index (κ2) is 8.04. The van der Waals surface area contributed by atoms with Crippen molar-refractivity contribution >= 4 is 27.8 Å². The molecule has 1 rings (SSSR count). The van der Waals surface area contributed by atoms with E-state index in [1.54, 1.807) is 6.07 Å². The van der Waals surface area contributed by atoms with Crippen molar-refractivity contribution < 1.29 is 14.7 Å². The fraction of sp³-hybridized carbons (Fsp3) is 0.467. The van der Waals surface area contributed by atoms with Gasteiger partial charge in [0.1, 0.15) is 0 Å². The summed E-state index contributed by atoms with van der Waals surface area (Å²) in [5.74, 6) is -0.566. The zero-order chi connectivity index (χ0) is 15.1. The number of hydrogen-bond acceptors (Lipinski definition) is 2. The molecule has 1 aromatic rings. The van der Waals surface area contributed by atoms with Crippen LogP contribution in [0.3, 0.4) is 0 Å². The molecule has 20 heavy (non-hydrogen) atoms. The highest BCUT2D eigenvalue weighted by atomic mass is 79.9. The number of carbonyl (C=O) groups excluding carboxylic acids is 1. The van der Waals surface area contributed by atoms with Gasteiger partial charge in [0.05, 0.1) is 0 Å². The highest BCUT2D eigenvalue weighted by molar-refractivity contribution is 9.10. The minimum atomic E-state index is -0.772. The maximum absolute atomic E-state index is 12.0. The van der Waals surface area contributed by atoms with E-state index in [-0.39, 0.29) is 18.2 Å². The summed E-state index contributed by atoms with van der Waals surface area (Å²) in [5, 5.41) is 11.5.